The Hall–Kier alpha value is -1.35. The average Bonchev–Trinajstić information content (AvgIpc) is 2.34. The van der Waals surface area contributed by atoms with E-state index in [1.54, 1.807) is 0 Å². The lowest BCUT2D eigenvalue weighted by atomic mass is 9.93. The lowest BCUT2D eigenvalue weighted by Gasteiger charge is -2.14. The van der Waals surface area contributed by atoms with Crippen molar-refractivity contribution in [3.8, 4) is 0 Å². The van der Waals surface area contributed by atoms with Gasteiger partial charge in [-0.25, -0.2) is 0 Å². The molecule has 88 valence electrons. The summed E-state index contributed by atoms with van der Waals surface area (Å²) in [5.74, 6) is 0.389. The summed E-state index contributed by atoms with van der Waals surface area (Å²) in [6.45, 7) is 3.16. The highest BCUT2D eigenvalue weighted by atomic mass is 16.1. The minimum Gasteiger partial charge on any atom is -0.355 e. The van der Waals surface area contributed by atoms with E-state index in [0.717, 1.165) is 6.42 Å². The molecule has 0 heterocycles. The van der Waals surface area contributed by atoms with Gasteiger partial charge in [0.25, 0.3) is 0 Å². The highest BCUT2D eigenvalue weighted by Gasteiger charge is 2.13. The first-order valence-corrected chi connectivity index (χ1v) is 5.79. The minimum atomic E-state index is 0.0844. The highest BCUT2D eigenvalue weighted by molar-refractivity contribution is 5.76. The van der Waals surface area contributed by atoms with E-state index in [2.05, 4.69) is 24.4 Å². The van der Waals surface area contributed by atoms with Crippen LogP contribution in [0.3, 0.4) is 0 Å². The Morgan fingerprint density at radius 1 is 1.38 bits per heavy atom. The van der Waals surface area contributed by atoms with Gasteiger partial charge in [0.05, 0.1) is 0 Å². The zero-order valence-corrected chi connectivity index (χ0v) is 9.78. The SMILES string of the molecule is CCC(CC(=O)NCCN)c1ccccc1. The first-order valence-electron chi connectivity index (χ1n) is 5.79. The Balaban J connectivity index is 2.52. The first-order chi connectivity index (χ1) is 7.77. The van der Waals surface area contributed by atoms with E-state index >= 15 is 0 Å². The molecular weight excluding hydrogens is 200 g/mol. The molecule has 0 aliphatic rings. The summed E-state index contributed by atoms with van der Waals surface area (Å²) in [5.41, 5.74) is 6.57. The second-order valence-corrected chi connectivity index (χ2v) is 3.86. The van der Waals surface area contributed by atoms with Crippen LogP contribution >= 0.6 is 0 Å². The summed E-state index contributed by atoms with van der Waals surface area (Å²) >= 11 is 0. The van der Waals surface area contributed by atoms with Crippen molar-refractivity contribution in [2.24, 2.45) is 5.73 Å². The maximum absolute atomic E-state index is 11.6. The molecular formula is C13H20N2O. The van der Waals surface area contributed by atoms with Crippen molar-refractivity contribution in [2.75, 3.05) is 13.1 Å². The van der Waals surface area contributed by atoms with Crippen LogP contribution in [-0.4, -0.2) is 19.0 Å². The summed E-state index contributed by atoms with van der Waals surface area (Å²) in [6.07, 6.45) is 1.51. The maximum atomic E-state index is 11.6. The molecule has 3 nitrogen and oxygen atoms in total. The fourth-order valence-electron chi connectivity index (χ4n) is 1.73. The van der Waals surface area contributed by atoms with Gasteiger partial charge in [0.15, 0.2) is 0 Å². The molecule has 1 aromatic carbocycles. The molecule has 0 aromatic heterocycles. The van der Waals surface area contributed by atoms with Crippen LogP contribution in [0.2, 0.25) is 0 Å². The van der Waals surface area contributed by atoms with E-state index in [-0.39, 0.29) is 5.91 Å². The monoisotopic (exact) mass is 220 g/mol. The third kappa shape index (κ3) is 4.03. The van der Waals surface area contributed by atoms with Gasteiger partial charge in [0.2, 0.25) is 5.91 Å². The topological polar surface area (TPSA) is 55.1 Å². The second-order valence-electron chi connectivity index (χ2n) is 3.86. The number of hydrogen-bond donors (Lipinski definition) is 2. The lowest BCUT2D eigenvalue weighted by molar-refractivity contribution is -0.121. The normalized spacial score (nSPS) is 12.1. The van der Waals surface area contributed by atoms with E-state index in [1.165, 1.54) is 5.56 Å². The average molecular weight is 220 g/mol. The number of carbonyl (C=O) groups excluding carboxylic acids is 1. The number of rotatable bonds is 6. The standard InChI is InChI=1S/C13H20N2O/c1-2-11(10-13(16)15-9-8-14)12-6-4-3-5-7-12/h3-7,11H,2,8-10,14H2,1H3,(H,15,16). The molecule has 0 fully saturated rings. The molecule has 3 heteroatoms. The third-order valence-electron chi connectivity index (χ3n) is 2.66. The number of carbonyl (C=O) groups is 1. The fraction of sp³-hybridized carbons (Fsp3) is 0.462. The molecule has 0 spiro atoms. The van der Waals surface area contributed by atoms with Crippen LogP contribution in [-0.2, 0) is 4.79 Å². The fourth-order valence-corrected chi connectivity index (χ4v) is 1.73. The molecule has 1 aromatic rings. The number of amides is 1. The summed E-state index contributed by atoms with van der Waals surface area (Å²) in [6, 6.07) is 10.2. The van der Waals surface area contributed by atoms with E-state index < -0.39 is 0 Å². The number of hydrogen-bond acceptors (Lipinski definition) is 2. The first kappa shape index (κ1) is 12.7. The van der Waals surface area contributed by atoms with E-state index in [4.69, 9.17) is 5.73 Å². The van der Waals surface area contributed by atoms with Crippen molar-refractivity contribution < 1.29 is 4.79 Å². The summed E-state index contributed by atoms with van der Waals surface area (Å²) in [4.78, 5) is 11.6. The van der Waals surface area contributed by atoms with Gasteiger partial charge in [-0.1, -0.05) is 37.3 Å². The van der Waals surface area contributed by atoms with Crippen LogP contribution in [0.4, 0.5) is 0 Å². The molecule has 1 atom stereocenters. The Bertz CT molecular complexity index is 311. The molecule has 0 aliphatic carbocycles. The predicted octanol–water partition coefficient (Wildman–Crippen LogP) is 1.65. The molecule has 1 unspecified atom stereocenters. The Labute approximate surface area is 97.0 Å². The van der Waals surface area contributed by atoms with Gasteiger partial charge in [0.1, 0.15) is 0 Å². The molecule has 3 N–H and O–H groups in total. The smallest absolute Gasteiger partial charge is 0.220 e. The molecule has 1 amide bonds. The van der Waals surface area contributed by atoms with E-state index in [0.29, 0.717) is 25.4 Å². The number of nitrogens with two attached hydrogens (primary N) is 1. The Morgan fingerprint density at radius 3 is 2.62 bits per heavy atom. The van der Waals surface area contributed by atoms with Crippen molar-refractivity contribution in [3.63, 3.8) is 0 Å². The van der Waals surface area contributed by atoms with Crippen molar-refractivity contribution in [1.82, 2.24) is 5.32 Å². The lowest BCUT2D eigenvalue weighted by Crippen LogP contribution is -2.30. The Kier molecular flexibility index (Phi) is 5.57. The number of benzene rings is 1. The van der Waals surface area contributed by atoms with E-state index in [1.807, 2.05) is 18.2 Å². The van der Waals surface area contributed by atoms with Crippen LogP contribution in [0.5, 0.6) is 0 Å². The van der Waals surface area contributed by atoms with Crippen LogP contribution in [0, 0.1) is 0 Å². The molecule has 0 bridgehead atoms. The van der Waals surface area contributed by atoms with Gasteiger partial charge >= 0.3 is 0 Å². The van der Waals surface area contributed by atoms with Crippen LogP contribution in [0.15, 0.2) is 30.3 Å². The van der Waals surface area contributed by atoms with Crippen molar-refractivity contribution in [2.45, 2.75) is 25.7 Å². The van der Waals surface area contributed by atoms with Crippen molar-refractivity contribution in [1.29, 1.82) is 0 Å². The van der Waals surface area contributed by atoms with Crippen LogP contribution < -0.4 is 11.1 Å². The summed E-state index contributed by atoms with van der Waals surface area (Å²) < 4.78 is 0. The molecule has 0 aliphatic heterocycles. The van der Waals surface area contributed by atoms with E-state index in [9.17, 15) is 4.79 Å². The zero-order chi connectivity index (χ0) is 11.8. The molecule has 0 saturated heterocycles. The maximum Gasteiger partial charge on any atom is 0.220 e. The van der Waals surface area contributed by atoms with Crippen molar-refractivity contribution in [3.05, 3.63) is 35.9 Å². The quantitative estimate of drug-likeness (QED) is 0.766. The second kappa shape index (κ2) is 7.01. The zero-order valence-electron chi connectivity index (χ0n) is 9.78. The summed E-state index contributed by atoms with van der Waals surface area (Å²) in [7, 11) is 0. The highest BCUT2D eigenvalue weighted by Crippen LogP contribution is 2.22. The largest absolute Gasteiger partial charge is 0.355 e. The number of nitrogens with one attached hydrogen (secondary N) is 1. The van der Waals surface area contributed by atoms with Crippen LogP contribution in [0.25, 0.3) is 0 Å². The van der Waals surface area contributed by atoms with Crippen LogP contribution in [0.1, 0.15) is 31.2 Å². The van der Waals surface area contributed by atoms with Gasteiger partial charge in [0, 0.05) is 19.5 Å². The predicted molar refractivity (Wildman–Crippen MR) is 66.2 cm³/mol. The van der Waals surface area contributed by atoms with Gasteiger partial charge in [-0.3, -0.25) is 4.79 Å². The van der Waals surface area contributed by atoms with Gasteiger partial charge < -0.3 is 11.1 Å². The molecule has 0 saturated carbocycles. The Morgan fingerprint density at radius 2 is 2.06 bits per heavy atom. The minimum absolute atomic E-state index is 0.0844. The summed E-state index contributed by atoms with van der Waals surface area (Å²) in [5, 5.41) is 2.80. The molecule has 1 rings (SSSR count). The van der Waals surface area contributed by atoms with Gasteiger partial charge in [-0.2, -0.15) is 0 Å². The molecule has 0 radical (unpaired) electrons. The van der Waals surface area contributed by atoms with Crippen molar-refractivity contribution >= 4 is 5.91 Å². The van der Waals surface area contributed by atoms with Gasteiger partial charge in [-0.15, -0.1) is 0 Å². The molecule has 16 heavy (non-hydrogen) atoms. The third-order valence-corrected chi connectivity index (χ3v) is 2.66. The van der Waals surface area contributed by atoms with Gasteiger partial charge in [-0.05, 0) is 17.9 Å².